The molecular formula is C30H36FN3O6S. The van der Waals surface area contributed by atoms with Gasteiger partial charge in [0.05, 0.1) is 24.8 Å². The van der Waals surface area contributed by atoms with Gasteiger partial charge in [0.25, 0.3) is 10.0 Å². The predicted octanol–water partition coefficient (Wildman–Crippen LogP) is 4.37. The summed E-state index contributed by atoms with van der Waals surface area (Å²) < 4.78 is 53.2. The smallest absolute Gasteiger partial charge is 0.264 e. The van der Waals surface area contributed by atoms with E-state index in [-0.39, 0.29) is 28.8 Å². The van der Waals surface area contributed by atoms with E-state index in [0.717, 1.165) is 28.4 Å². The van der Waals surface area contributed by atoms with Gasteiger partial charge in [-0.3, -0.25) is 13.9 Å². The average molecular weight is 586 g/mol. The third kappa shape index (κ3) is 7.75. The van der Waals surface area contributed by atoms with Gasteiger partial charge in [-0.15, -0.1) is 0 Å². The van der Waals surface area contributed by atoms with Crippen LogP contribution < -0.4 is 19.1 Å². The first kappa shape index (κ1) is 31.4. The highest BCUT2D eigenvalue weighted by atomic mass is 32.2. The summed E-state index contributed by atoms with van der Waals surface area (Å²) in [7, 11) is -1.56. The molecule has 0 unspecified atom stereocenters. The Morgan fingerprint density at radius 1 is 0.927 bits per heavy atom. The molecule has 0 bridgehead atoms. The van der Waals surface area contributed by atoms with Crippen molar-refractivity contribution in [2.45, 2.75) is 44.2 Å². The van der Waals surface area contributed by atoms with E-state index in [4.69, 9.17) is 9.47 Å². The summed E-state index contributed by atoms with van der Waals surface area (Å²) in [5.41, 5.74) is 0.858. The van der Waals surface area contributed by atoms with Crippen molar-refractivity contribution in [2.75, 3.05) is 31.6 Å². The molecule has 0 aliphatic carbocycles. The zero-order valence-electron chi connectivity index (χ0n) is 23.7. The standard InChI is InChI=1S/C30H36FN3O6S/c1-5-18-32-30(36)26(6-2)33(20-22-10-8-7-9-11-22)29(35)21-34(24-14-12-23(31)13-15-24)41(37,38)25-16-17-27(39-3)28(19-25)40-4/h7-17,19,26H,5-6,18,20-21H2,1-4H3,(H,32,36)/t26-/m1/s1. The predicted molar refractivity (Wildman–Crippen MR) is 155 cm³/mol. The lowest BCUT2D eigenvalue weighted by atomic mass is 10.1. The number of benzene rings is 3. The lowest BCUT2D eigenvalue weighted by Gasteiger charge is -2.33. The van der Waals surface area contributed by atoms with Crippen LogP contribution in [0.15, 0.2) is 77.7 Å². The summed E-state index contributed by atoms with van der Waals surface area (Å²) in [6.45, 7) is 3.61. The Kier molecular flexibility index (Phi) is 11.1. The van der Waals surface area contributed by atoms with Gasteiger partial charge in [-0.1, -0.05) is 44.2 Å². The maximum atomic E-state index is 14.0. The summed E-state index contributed by atoms with van der Waals surface area (Å²) in [6.07, 6.45) is 1.03. The van der Waals surface area contributed by atoms with Crippen LogP contribution in [0, 0.1) is 5.82 Å². The molecule has 220 valence electrons. The number of carbonyl (C=O) groups is 2. The van der Waals surface area contributed by atoms with Gasteiger partial charge in [0.15, 0.2) is 11.5 Å². The van der Waals surface area contributed by atoms with Crippen molar-refractivity contribution >= 4 is 27.5 Å². The van der Waals surface area contributed by atoms with Crippen LogP contribution in [-0.2, 0) is 26.2 Å². The molecule has 2 amide bonds. The molecule has 11 heteroatoms. The van der Waals surface area contributed by atoms with Crippen molar-refractivity contribution in [3.63, 3.8) is 0 Å². The van der Waals surface area contributed by atoms with E-state index in [2.05, 4.69) is 5.32 Å². The molecule has 0 aliphatic heterocycles. The molecule has 0 fully saturated rings. The van der Waals surface area contributed by atoms with Crippen molar-refractivity contribution in [1.29, 1.82) is 0 Å². The van der Waals surface area contributed by atoms with Gasteiger partial charge < -0.3 is 19.7 Å². The summed E-state index contributed by atoms with van der Waals surface area (Å²) in [5.74, 6) is -0.972. The number of methoxy groups -OCH3 is 2. The van der Waals surface area contributed by atoms with Crippen molar-refractivity contribution in [3.05, 3.63) is 84.2 Å². The zero-order valence-corrected chi connectivity index (χ0v) is 24.5. The number of ether oxygens (including phenoxy) is 2. The largest absolute Gasteiger partial charge is 0.493 e. The molecule has 1 atom stereocenters. The molecule has 0 saturated carbocycles. The molecule has 0 saturated heterocycles. The second kappa shape index (κ2) is 14.5. The third-order valence-corrected chi connectivity index (χ3v) is 8.24. The number of rotatable bonds is 14. The monoisotopic (exact) mass is 585 g/mol. The first-order valence-corrected chi connectivity index (χ1v) is 14.7. The van der Waals surface area contributed by atoms with E-state index in [9.17, 15) is 22.4 Å². The van der Waals surface area contributed by atoms with Crippen LogP contribution in [-0.4, -0.2) is 58.5 Å². The molecule has 0 aromatic heterocycles. The molecule has 1 N–H and O–H groups in total. The molecule has 41 heavy (non-hydrogen) atoms. The summed E-state index contributed by atoms with van der Waals surface area (Å²) in [5, 5.41) is 2.84. The van der Waals surface area contributed by atoms with Crippen LogP contribution >= 0.6 is 0 Å². The Balaban J connectivity index is 2.07. The average Bonchev–Trinajstić information content (AvgIpc) is 2.99. The van der Waals surface area contributed by atoms with Gasteiger partial charge in [-0.25, -0.2) is 12.8 Å². The normalized spacial score (nSPS) is 11.8. The Morgan fingerprint density at radius 3 is 2.17 bits per heavy atom. The Hall–Kier alpha value is -4.12. The van der Waals surface area contributed by atoms with E-state index in [1.54, 1.807) is 6.92 Å². The highest BCUT2D eigenvalue weighted by Crippen LogP contribution is 2.32. The van der Waals surface area contributed by atoms with Gasteiger partial charge in [-0.2, -0.15) is 0 Å². The Labute approximate surface area is 240 Å². The number of hydrogen-bond donors (Lipinski definition) is 1. The van der Waals surface area contributed by atoms with Gasteiger partial charge in [0, 0.05) is 19.2 Å². The number of hydrogen-bond acceptors (Lipinski definition) is 6. The topological polar surface area (TPSA) is 105 Å². The fourth-order valence-corrected chi connectivity index (χ4v) is 5.74. The van der Waals surface area contributed by atoms with Crippen molar-refractivity contribution < 1.29 is 31.9 Å². The van der Waals surface area contributed by atoms with E-state index in [0.29, 0.717) is 18.7 Å². The minimum Gasteiger partial charge on any atom is -0.493 e. The fourth-order valence-electron chi connectivity index (χ4n) is 4.31. The first-order valence-electron chi connectivity index (χ1n) is 13.3. The number of halogens is 1. The maximum Gasteiger partial charge on any atom is 0.264 e. The molecule has 0 heterocycles. The Morgan fingerprint density at radius 2 is 1.59 bits per heavy atom. The molecule has 3 aromatic rings. The molecule has 9 nitrogen and oxygen atoms in total. The lowest BCUT2D eigenvalue weighted by Crippen LogP contribution is -2.52. The van der Waals surface area contributed by atoms with Crippen molar-refractivity contribution in [1.82, 2.24) is 10.2 Å². The molecule has 0 radical (unpaired) electrons. The second-order valence-corrected chi connectivity index (χ2v) is 11.1. The SMILES string of the molecule is CCCNC(=O)[C@@H](CC)N(Cc1ccccc1)C(=O)CN(c1ccc(F)cc1)S(=O)(=O)c1ccc(OC)c(OC)c1. The van der Waals surface area contributed by atoms with Gasteiger partial charge in [0.1, 0.15) is 18.4 Å². The van der Waals surface area contributed by atoms with Crippen molar-refractivity contribution in [3.8, 4) is 11.5 Å². The number of nitrogens with zero attached hydrogens (tertiary/aromatic N) is 2. The van der Waals surface area contributed by atoms with Crippen LogP contribution in [0.3, 0.4) is 0 Å². The highest BCUT2D eigenvalue weighted by molar-refractivity contribution is 7.92. The van der Waals surface area contributed by atoms with Crippen LogP contribution in [0.2, 0.25) is 0 Å². The maximum absolute atomic E-state index is 14.0. The van der Waals surface area contributed by atoms with Gasteiger partial charge >= 0.3 is 0 Å². The fraction of sp³-hybridized carbons (Fsp3) is 0.333. The molecule has 3 aromatic carbocycles. The van der Waals surface area contributed by atoms with Crippen molar-refractivity contribution in [2.24, 2.45) is 0 Å². The van der Waals surface area contributed by atoms with E-state index >= 15 is 0 Å². The first-order chi connectivity index (χ1) is 19.7. The van der Waals surface area contributed by atoms with Crippen LogP contribution in [0.4, 0.5) is 10.1 Å². The van der Waals surface area contributed by atoms with Crippen LogP contribution in [0.5, 0.6) is 11.5 Å². The Bertz CT molecular complexity index is 1420. The van der Waals surface area contributed by atoms with Gasteiger partial charge in [-0.05, 0) is 54.8 Å². The third-order valence-electron chi connectivity index (χ3n) is 6.47. The van der Waals surface area contributed by atoms with E-state index in [1.165, 1.54) is 49.5 Å². The van der Waals surface area contributed by atoms with Gasteiger partial charge in [0.2, 0.25) is 11.8 Å². The second-order valence-electron chi connectivity index (χ2n) is 9.23. The molecule has 3 rings (SSSR count). The zero-order chi connectivity index (χ0) is 30.0. The number of amides is 2. The summed E-state index contributed by atoms with van der Waals surface area (Å²) >= 11 is 0. The van der Waals surface area contributed by atoms with Crippen LogP contribution in [0.25, 0.3) is 0 Å². The quantitative estimate of drug-likeness (QED) is 0.301. The minimum absolute atomic E-state index is 0.0812. The number of nitrogens with one attached hydrogen (secondary N) is 1. The van der Waals surface area contributed by atoms with E-state index in [1.807, 2.05) is 37.3 Å². The highest BCUT2D eigenvalue weighted by Gasteiger charge is 2.34. The molecular weight excluding hydrogens is 549 g/mol. The van der Waals surface area contributed by atoms with Crippen LogP contribution in [0.1, 0.15) is 32.3 Å². The molecule has 0 spiro atoms. The summed E-state index contributed by atoms with van der Waals surface area (Å²) in [6, 6.07) is 17.2. The number of carbonyl (C=O) groups excluding carboxylic acids is 2. The number of anilines is 1. The molecule has 0 aliphatic rings. The lowest BCUT2D eigenvalue weighted by molar-refractivity contribution is -0.140. The number of sulfonamides is 1. The summed E-state index contributed by atoms with van der Waals surface area (Å²) in [4.78, 5) is 28.3. The van der Waals surface area contributed by atoms with E-state index < -0.39 is 34.3 Å². The minimum atomic E-state index is -4.37.